The minimum Gasteiger partial charge on any atom is -0.462 e. The van der Waals surface area contributed by atoms with Gasteiger partial charge in [-0.2, -0.15) is 4.31 Å². The van der Waals surface area contributed by atoms with Gasteiger partial charge in [0.25, 0.3) is 5.91 Å². The maximum Gasteiger partial charge on any atom is 0.340 e. The van der Waals surface area contributed by atoms with Gasteiger partial charge in [0.1, 0.15) is 11.5 Å². The lowest BCUT2D eigenvalue weighted by Gasteiger charge is -2.21. The van der Waals surface area contributed by atoms with Crippen molar-refractivity contribution < 1.29 is 27.2 Å². The van der Waals surface area contributed by atoms with E-state index in [0.29, 0.717) is 22.2 Å². The molecule has 11 heteroatoms. The van der Waals surface area contributed by atoms with Crippen LogP contribution < -0.4 is 4.90 Å². The van der Waals surface area contributed by atoms with Gasteiger partial charge in [-0.15, -0.1) is 0 Å². The number of amides is 1. The SMILES string of the molecule is CCOC(=O)C1=C(C)N(c2ccc(Br)cc2)C(=O)/C1=C/c1ccc(CN(Cc2ccccc2)S(=O)(=O)c2ccc(Cl)cc2)o1. The van der Waals surface area contributed by atoms with E-state index >= 15 is 0 Å². The fraction of sp³-hybridized carbons (Fsp3) is 0.152. The lowest BCUT2D eigenvalue weighted by Crippen LogP contribution is -2.30. The Morgan fingerprint density at radius 2 is 1.66 bits per heavy atom. The Balaban J connectivity index is 1.48. The number of esters is 1. The molecule has 5 rings (SSSR count). The summed E-state index contributed by atoms with van der Waals surface area (Å²) in [6, 6.07) is 25.6. The third-order valence-corrected chi connectivity index (χ3v) is 9.51. The van der Waals surface area contributed by atoms with Crippen LogP contribution in [-0.2, 0) is 37.4 Å². The number of halogens is 2. The van der Waals surface area contributed by atoms with Crippen molar-refractivity contribution in [1.82, 2.24) is 4.31 Å². The van der Waals surface area contributed by atoms with Crippen LogP contribution in [0.25, 0.3) is 6.08 Å². The highest BCUT2D eigenvalue weighted by atomic mass is 79.9. The van der Waals surface area contributed by atoms with Gasteiger partial charge in [0.15, 0.2) is 0 Å². The Bertz CT molecular complexity index is 1850. The predicted molar refractivity (Wildman–Crippen MR) is 172 cm³/mol. The number of hydrogen-bond acceptors (Lipinski definition) is 6. The second-order valence-corrected chi connectivity index (χ2v) is 13.2. The third kappa shape index (κ3) is 6.73. The van der Waals surface area contributed by atoms with E-state index in [9.17, 15) is 18.0 Å². The number of carbonyl (C=O) groups is 2. The molecule has 3 aromatic carbocycles. The topological polar surface area (TPSA) is 97.1 Å². The molecule has 0 bridgehead atoms. The number of nitrogens with zero attached hydrogens (tertiary/aromatic N) is 2. The van der Waals surface area contributed by atoms with Crippen molar-refractivity contribution >= 4 is 61.2 Å². The quantitative estimate of drug-likeness (QED) is 0.127. The number of rotatable bonds is 10. The van der Waals surface area contributed by atoms with E-state index in [1.807, 2.05) is 30.3 Å². The molecule has 1 aliphatic rings. The van der Waals surface area contributed by atoms with E-state index in [-0.39, 0.29) is 41.5 Å². The highest BCUT2D eigenvalue weighted by Gasteiger charge is 2.38. The molecule has 0 saturated carbocycles. The minimum absolute atomic E-state index is 0.0818. The molecule has 0 radical (unpaired) electrons. The number of ether oxygens (including phenoxy) is 1. The van der Waals surface area contributed by atoms with Crippen LogP contribution in [0.5, 0.6) is 0 Å². The van der Waals surface area contributed by atoms with E-state index in [4.69, 9.17) is 20.8 Å². The summed E-state index contributed by atoms with van der Waals surface area (Å²) in [6.45, 7) is 3.53. The molecular formula is C33H28BrClN2O6S. The second kappa shape index (κ2) is 13.4. The summed E-state index contributed by atoms with van der Waals surface area (Å²) in [4.78, 5) is 28.2. The van der Waals surface area contributed by atoms with Crippen molar-refractivity contribution in [2.45, 2.75) is 31.8 Å². The number of sulfonamides is 1. The molecule has 0 N–H and O–H groups in total. The maximum atomic E-state index is 13.7. The molecule has 8 nitrogen and oxygen atoms in total. The van der Waals surface area contributed by atoms with Crippen LogP contribution >= 0.6 is 27.5 Å². The Kier molecular flexibility index (Phi) is 9.55. The number of furan rings is 1. The molecule has 0 aliphatic carbocycles. The number of benzene rings is 3. The minimum atomic E-state index is -3.94. The van der Waals surface area contributed by atoms with Crippen molar-refractivity contribution in [2.75, 3.05) is 11.5 Å². The van der Waals surface area contributed by atoms with Crippen molar-refractivity contribution in [2.24, 2.45) is 0 Å². The molecule has 44 heavy (non-hydrogen) atoms. The maximum absolute atomic E-state index is 13.7. The molecule has 1 aromatic heterocycles. The highest BCUT2D eigenvalue weighted by Crippen LogP contribution is 2.36. The van der Waals surface area contributed by atoms with Gasteiger partial charge in [-0.1, -0.05) is 57.9 Å². The van der Waals surface area contributed by atoms with Gasteiger partial charge in [-0.05, 0) is 86.2 Å². The fourth-order valence-electron chi connectivity index (χ4n) is 4.82. The Morgan fingerprint density at radius 1 is 0.977 bits per heavy atom. The van der Waals surface area contributed by atoms with Crippen molar-refractivity contribution in [1.29, 1.82) is 0 Å². The van der Waals surface area contributed by atoms with Crippen molar-refractivity contribution in [3.63, 3.8) is 0 Å². The van der Waals surface area contributed by atoms with Crippen molar-refractivity contribution in [3.05, 3.63) is 134 Å². The number of carbonyl (C=O) groups excluding carboxylic acids is 2. The molecule has 0 spiro atoms. The van der Waals surface area contributed by atoms with Gasteiger partial charge in [0.05, 0.1) is 29.2 Å². The molecule has 4 aromatic rings. The third-order valence-electron chi connectivity index (χ3n) is 6.92. The Morgan fingerprint density at radius 3 is 2.32 bits per heavy atom. The van der Waals surface area contributed by atoms with Gasteiger partial charge in [0.2, 0.25) is 10.0 Å². The summed E-state index contributed by atoms with van der Waals surface area (Å²) < 4.78 is 40.9. The zero-order chi connectivity index (χ0) is 31.4. The Labute approximate surface area is 269 Å². The molecular weight excluding hydrogens is 668 g/mol. The van der Waals surface area contributed by atoms with Crippen LogP contribution in [-0.4, -0.2) is 31.2 Å². The summed E-state index contributed by atoms with van der Waals surface area (Å²) in [5.41, 5.74) is 2.05. The van der Waals surface area contributed by atoms with Crippen molar-refractivity contribution in [3.8, 4) is 0 Å². The van der Waals surface area contributed by atoms with Gasteiger partial charge >= 0.3 is 5.97 Å². The summed E-state index contributed by atoms with van der Waals surface area (Å²) in [6.07, 6.45) is 1.48. The van der Waals surface area contributed by atoms with E-state index in [0.717, 1.165) is 10.0 Å². The lowest BCUT2D eigenvalue weighted by atomic mass is 10.1. The second-order valence-electron chi connectivity index (χ2n) is 9.87. The first-order valence-electron chi connectivity index (χ1n) is 13.7. The molecule has 2 heterocycles. The lowest BCUT2D eigenvalue weighted by molar-refractivity contribution is -0.138. The smallest absolute Gasteiger partial charge is 0.340 e. The molecule has 0 atom stereocenters. The van der Waals surface area contributed by atoms with E-state index in [1.165, 1.54) is 39.5 Å². The number of anilines is 1. The predicted octanol–water partition coefficient (Wildman–Crippen LogP) is 7.35. The molecule has 1 aliphatic heterocycles. The molecule has 1 amide bonds. The number of hydrogen-bond donors (Lipinski definition) is 0. The van der Waals surface area contributed by atoms with Gasteiger partial charge in [0, 0.05) is 27.4 Å². The van der Waals surface area contributed by atoms with Gasteiger partial charge in [-0.3, -0.25) is 9.69 Å². The molecule has 0 fully saturated rings. The van der Waals surface area contributed by atoms with Crippen LogP contribution in [0.15, 0.2) is 122 Å². The van der Waals surface area contributed by atoms with E-state index in [2.05, 4.69) is 15.9 Å². The van der Waals surface area contributed by atoms with Crippen LogP contribution in [0, 0.1) is 0 Å². The average molecular weight is 696 g/mol. The zero-order valence-electron chi connectivity index (χ0n) is 23.9. The molecule has 226 valence electrons. The normalized spacial score (nSPS) is 14.6. The first-order valence-corrected chi connectivity index (χ1v) is 16.3. The van der Waals surface area contributed by atoms with E-state index in [1.54, 1.807) is 50.2 Å². The van der Waals surface area contributed by atoms with Crippen LogP contribution in [0.4, 0.5) is 5.69 Å². The van der Waals surface area contributed by atoms with Gasteiger partial charge < -0.3 is 9.15 Å². The van der Waals surface area contributed by atoms with Gasteiger partial charge in [-0.25, -0.2) is 13.2 Å². The van der Waals surface area contributed by atoms with Crippen LogP contribution in [0.1, 0.15) is 30.9 Å². The average Bonchev–Trinajstić information content (AvgIpc) is 3.55. The zero-order valence-corrected chi connectivity index (χ0v) is 27.0. The summed E-state index contributed by atoms with van der Waals surface area (Å²) in [5, 5.41) is 0.425. The molecule has 0 saturated heterocycles. The summed E-state index contributed by atoms with van der Waals surface area (Å²) in [5.74, 6) is -0.418. The van der Waals surface area contributed by atoms with Crippen LogP contribution in [0.3, 0.4) is 0 Å². The first kappa shape index (κ1) is 31.5. The Hall–Kier alpha value is -3.96. The molecule has 0 unspecified atom stereocenters. The fourth-order valence-corrected chi connectivity index (χ4v) is 6.61. The largest absolute Gasteiger partial charge is 0.462 e. The highest BCUT2D eigenvalue weighted by molar-refractivity contribution is 9.10. The summed E-state index contributed by atoms with van der Waals surface area (Å²) in [7, 11) is -3.94. The first-order chi connectivity index (χ1) is 21.1. The summed E-state index contributed by atoms with van der Waals surface area (Å²) >= 11 is 9.40. The van der Waals surface area contributed by atoms with E-state index < -0.39 is 21.9 Å². The van der Waals surface area contributed by atoms with Crippen LogP contribution in [0.2, 0.25) is 5.02 Å². The monoisotopic (exact) mass is 694 g/mol. The standard InChI is InChI=1S/C33H28BrClN2O6S/c1-3-42-33(39)31-22(2)37(26-13-9-24(34)10-14-26)32(38)30(31)19-27-15-16-28(43-27)21-36(20-23-7-5-4-6-8-23)44(40,41)29-17-11-25(35)12-18-29/h4-19H,3,20-21H2,1-2H3/b30-19+. The number of allylic oxidation sites excluding steroid dienone is 1.